The number of methoxy groups -OCH3 is 1. The molecule has 1 atom stereocenters. The molecule has 132 valence electrons. The van der Waals surface area contributed by atoms with Gasteiger partial charge in [-0.05, 0) is 37.1 Å². The van der Waals surface area contributed by atoms with Gasteiger partial charge in [-0.3, -0.25) is 4.79 Å². The lowest BCUT2D eigenvalue weighted by molar-refractivity contribution is -0.143. The normalized spacial score (nSPS) is 18.8. The van der Waals surface area contributed by atoms with E-state index in [-0.39, 0.29) is 18.0 Å². The van der Waals surface area contributed by atoms with Gasteiger partial charge in [0.15, 0.2) is 6.61 Å². The van der Waals surface area contributed by atoms with Crippen molar-refractivity contribution in [2.75, 3.05) is 26.8 Å². The lowest BCUT2D eigenvalue weighted by Crippen LogP contribution is -2.42. The highest BCUT2D eigenvalue weighted by molar-refractivity contribution is 7.89. The Kier molecular flexibility index (Phi) is 5.79. The molecule has 0 bridgehead atoms. The Bertz CT molecular complexity index is 699. The predicted molar refractivity (Wildman–Crippen MR) is 83.1 cm³/mol. The molecule has 1 aromatic carbocycles. The van der Waals surface area contributed by atoms with Gasteiger partial charge >= 0.3 is 11.9 Å². The second-order valence-electron chi connectivity index (χ2n) is 5.38. The van der Waals surface area contributed by atoms with E-state index in [9.17, 15) is 18.0 Å². The molecule has 1 saturated heterocycles. The molecule has 1 aliphatic rings. The van der Waals surface area contributed by atoms with Crippen LogP contribution in [0.3, 0.4) is 0 Å². The average molecular weight is 357 g/mol. The number of carbonyl (C=O) groups excluding carboxylic acids is 1. The first-order chi connectivity index (χ1) is 11.3. The number of nitrogens with zero attached hydrogens (tertiary/aromatic N) is 1. The van der Waals surface area contributed by atoms with Crippen molar-refractivity contribution in [3.05, 3.63) is 24.3 Å². The van der Waals surface area contributed by atoms with Crippen LogP contribution in [0.2, 0.25) is 0 Å². The van der Waals surface area contributed by atoms with Crippen molar-refractivity contribution in [1.29, 1.82) is 0 Å². The van der Waals surface area contributed by atoms with Crippen molar-refractivity contribution < 1.29 is 32.6 Å². The summed E-state index contributed by atoms with van der Waals surface area (Å²) in [5.74, 6) is -1.88. The van der Waals surface area contributed by atoms with E-state index in [0.717, 1.165) is 0 Å². The van der Waals surface area contributed by atoms with Crippen LogP contribution in [0.4, 0.5) is 0 Å². The number of aliphatic carboxylic acids is 1. The number of carboxylic acid groups (broad SMARTS) is 1. The average Bonchev–Trinajstić information content (AvgIpc) is 2.60. The van der Waals surface area contributed by atoms with Gasteiger partial charge in [0.05, 0.1) is 17.9 Å². The van der Waals surface area contributed by atoms with Crippen molar-refractivity contribution in [3.8, 4) is 5.75 Å². The van der Waals surface area contributed by atoms with Gasteiger partial charge in [-0.25, -0.2) is 13.2 Å². The van der Waals surface area contributed by atoms with Crippen LogP contribution in [0, 0.1) is 5.92 Å². The van der Waals surface area contributed by atoms with Crippen LogP contribution in [-0.2, 0) is 24.3 Å². The fraction of sp³-hybridized carbons (Fsp3) is 0.467. The van der Waals surface area contributed by atoms with Crippen LogP contribution < -0.4 is 4.74 Å². The van der Waals surface area contributed by atoms with Crippen LogP contribution in [0.5, 0.6) is 5.75 Å². The number of sulfonamides is 1. The molecule has 0 spiro atoms. The molecule has 0 aliphatic carbocycles. The Labute approximate surface area is 140 Å². The van der Waals surface area contributed by atoms with E-state index in [0.29, 0.717) is 25.1 Å². The summed E-state index contributed by atoms with van der Waals surface area (Å²) < 4.78 is 36.0. The Morgan fingerprint density at radius 3 is 2.54 bits per heavy atom. The fourth-order valence-corrected chi connectivity index (χ4v) is 3.94. The van der Waals surface area contributed by atoms with E-state index in [1.54, 1.807) is 0 Å². The van der Waals surface area contributed by atoms with Gasteiger partial charge < -0.3 is 14.6 Å². The fourth-order valence-electron chi connectivity index (χ4n) is 2.42. The van der Waals surface area contributed by atoms with Crippen molar-refractivity contribution in [1.82, 2.24) is 4.31 Å². The molecule has 1 fully saturated rings. The molecule has 9 heteroatoms. The Morgan fingerprint density at radius 2 is 1.96 bits per heavy atom. The summed E-state index contributed by atoms with van der Waals surface area (Å²) in [4.78, 5) is 22.1. The van der Waals surface area contributed by atoms with Gasteiger partial charge in [0, 0.05) is 13.1 Å². The van der Waals surface area contributed by atoms with Crippen molar-refractivity contribution >= 4 is 22.0 Å². The first-order valence-corrected chi connectivity index (χ1v) is 8.81. The van der Waals surface area contributed by atoms with Crippen molar-refractivity contribution in [2.45, 2.75) is 17.7 Å². The SMILES string of the molecule is COC(=O)COc1ccc(S(=O)(=O)N2CCCC(C(=O)O)C2)cc1. The maximum Gasteiger partial charge on any atom is 0.343 e. The zero-order valence-corrected chi connectivity index (χ0v) is 14.0. The molecule has 1 heterocycles. The number of carbonyl (C=O) groups is 2. The minimum absolute atomic E-state index is 0.0295. The molecule has 0 saturated carbocycles. The highest BCUT2D eigenvalue weighted by atomic mass is 32.2. The third kappa shape index (κ3) is 4.24. The largest absolute Gasteiger partial charge is 0.482 e. The van der Waals surface area contributed by atoms with Gasteiger partial charge in [-0.1, -0.05) is 0 Å². The summed E-state index contributed by atoms with van der Waals surface area (Å²) in [7, 11) is -2.52. The Morgan fingerprint density at radius 1 is 1.29 bits per heavy atom. The van der Waals surface area contributed by atoms with E-state index < -0.39 is 27.9 Å². The number of ether oxygens (including phenoxy) is 2. The van der Waals surface area contributed by atoms with E-state index in [4.69, 9.17) is 9.84 Å². The summed E-state index contributed by atoms with van der Waals surface area (Å²) in [6, 6.07) is 5.61. The molecule has 1 N–H and O–H groups in total. The summed E-state index contributed by atoms with van der Waals surface area (Å²) in [6.07, 6.45) is 0.984. The molecule has 1 aromatic rings. The van der Waals surface area contributed by atoms with Gasteiger partial charge in [0.25, 0.3) is 0 Å². The molecule has 0 radical (unpaired) electrons. The molecule has 0 amide bonds. The van der Waals surface area contributed by atoms with E-state index >= 15 is 0 Å². The van der Waals surface area contributed by atoms with E-state index in [1.807, 2.05) is 0 Å². The standard InChI is InChI=1S/C15H19NO7S/c1-22-14(17)10-23-12-4-6-13(7-5-12)24(20,21)16-8-2-3-11(9-16)15(18)19/h4-7,11H,2-3,8-10H2,1H3,(H,18,19). The quantitative estimate of drug-likeness (QED) is 0.747. The zero-order chi connectivity index (χ0) is 17.7. The molecule has 8 nitrogen and oxygen atoms in total. The summed E-state index contributed by atoms with van der Waals surface area (Å²) in [5.41, 5.74) is 0. The molecule has 24 heavy (non-hydrogen) atoms. The molecular formula is C15H19NO7S. The molecular weight excluding hydrogens is 338 g/mol. The zero-order valence-electron chi connectivity index (χ0n) is 13.2. The third-order valence-corrected chi connectivity index (χ3v) is 5.66. The minimum atomic E-state index is -3.76. The highest BCUT2D eigenvalue weighted by Gasteiger charge is 2.33. The van der Waals surface area contributed by atoms with Gasteiger partial charge in [-0.15, -0.1) is 0 Å². The van der Waals surface area contributed by atoms with Crippen LogP contribution in [0.15, 0.2) is 29.2 Å². The van der Waals surface area contributed by atoms with Crippen molar-refractivity contribution in [2.24, 2.45) is 5.92 Å². The summed E-state index contributed by atoms with van der Waals surface area (Å²) in [6.45, 7) is -0.0000224. The summed E-state index contributed by atoms with van der Waals surface area (Å²) >= 11 is 0. The molecule has 1 aliphatic heterocycles. The van der Waals surface area contributed by atoms with Crippen LogP contribution in [-0.4, -0.2) is 56.6 Å². The monoisotopic (exact) mass is 357 g/mol. The minimum Gasteiger partial charge on any atom is -0.482 e. The highest BCUT2D eigenvalue weighted by Crippen LogP contribution is 2.25. The number of benzene rings is 1. The van der Waals surface area contributed by atoms with E-state index in [2.05, 4.69) is 4.74 Å². The Balaban J connectivity index is 2.09. The lowest BCUT2D eigenvalue weighted by Gasteiger charge is -2.29. The maximum absolute atomic E-state index is 12.6. The Hall–Kier alpha value is -2.13. The third-order valence-electron chi connectivity index (χ3n) is 3.78. The van der Waals surface area contributed by atoms with Gasteiger partial charge in [-0.2, -0.15) is 4.31 Å². The number of rotatable bonds is 6. The second-order valence-corrected chi connectivity index (χ2v) is 7.31. The predicted octanol–water partition coefficient (Wildman–Crippen LogP) is 0.724. The number of carboxylic acids is 1. The number of esters is 1. The number of hydrogen-bond donors (Lipinski definition) is 1. The van der Waals surface area contributed by atoms with Crippen LogP contribution in [0.1, 0.15) is 12.8 Å². The van der Waals surface area contributed by atoms with Crippen LogP contribution in [0.25, 0.3) is 0 Å². The lowest BCUT2D eigenvalue weighted by atomic mass is 10.0. The van der Waals surface area contributed by atoms with Crippen molar-refractivity contribution in [3.63, 3.8) is 0 Å². The molecule has 1 unspecified atom stereocenters. The molecule has 2 rings (SSSR count). The van der Waals surface area contributed by atoms with Gasteiger partial charge in [0.1, 0.15) is 5.75 Å². The summed E-state index contributed by atoms with van der Waals surface area (Å²) in [5, 5.41) is 9.08. The first-order valence-electron chi connectivity index (χ1n) is 7.37. The number of hydrogen-bond acceptors (Lipinski definition) is 6. The molecule has 0 aromatic heterocycles. The van der Waals surface area contributed by atoms with Gasteiger partial charge in [0.2, 0.25) is 10.0 Å². The van der Waals surface area contributed by atoms with E-state index in [1.165, 1.54) is 35.7 Å². The smallest absolute Gasteiger partial charge is 0.343 e. The van der Waals surface area contributed by atoms with Crippen LogP contribution >= 0.6 is 0 Å². The second kappa shape index (κ2) is 7.63. The first kappa shape index (κ1) is 18.2. The maximum atomic E-state index is 12.6. The topological polar surface area (TPSA) is 110 Å². The number of piperidine rings is 1.